The molecule has 0 aliphatic carbocycles. The number of primary amides is 1. The minimum atomic E-state index is -0.565. The minimum Gasteiger partial charge on any atom is -0.383 e. The van der Waals surface area contributed by atoms with E-state index in [4.69, 9.17) is 10.5 Å². The number of rotatable bonds is 9. The molecule has 2 rings (SSSR count). The lowest BCUT2D eigenvalue weighted by atomic mass is 10.2. The van der Waals surface area contributed by atoms with Crippen molar-refractivity contribution >= 4 is 29.1 Å². The Bertz CT molecular complexity index is 823. The van der Waals surface area contributed by atoms with Gasteiger partial charge in [0.05, 0.1) is 13.2 Å². The molecule has 8 heteroatoms. The second kappa shape index (κ2) is 9.93. The molecule has 0 saturated heterocycles. The molecule has 0 aromatic heterocycles. The van der Waals surface area contributed by atoms with E-state index >= 15 is 0 Å². The topological polar surface area (TPSA) is 123 Å². The Morgan fingerprint density at radius 3 is 2.37 bits per heavy atom. The number of methoxy groups -OCH3 is 1. The summed E-state index contributed by atoms with van der Waals surface area (Å²) in [5.74, 6) is -1.08. The van der Waals surface area contributed by atoms with Crippen molar-refractivity contribution < 1.29 is 19.1 Å². The van der Waals surface area contributed by atoms with Gasteiger partial charge < -0.3 is 26.4 Å². The molecular formula is C19H22N4O4. The van der Waals surface area contributed by atoms with Crippen LogP contribution in [0.25, 0.3) is 0 Å². The van der Waals surface area contributed by atoms with Gasteiger partial charge in [-0.2, -0.15) is 0 Å². The van der Waals surface area contributed by atoms with Crippen LogP contribution in [-0.4, -0.2) is 44.5 Å². The van der Waals surface area contributed by atoms with E-state index in [2.05, 4.69) is 16.0 Å². The number of nitrogens with one attached hydrogen (secondary N) is 3. The largest absolute Gasteiger partial charge is 0.383 e. The third-order valence-corrected chi connectivity index (χ3v) is 3.60. The van der Waals surface area contributed by atoms with Gasteiger partial charge in [0.25, 0.3) is 5.91 Å². The highest BCUT2D eigenvalue weighted by Crippen LogP contribution is 2.12. The molecule has 0 aliphatic rings. The highest BCUT2D eigenvalue weighted by atomic mass is 16.5. The summed E-state index contributed by atoms with van der Waals surface area (Å²) in [6, 6.07) is 13.2. The van der Waals surface area contributed by atoms with Crippen LogP contribution >= 0.6 is 0 Å². The van der Waals surface area contributed by atoms with Gasteiger partial charge >= 0.3 is 0 Å². The fourth-order valence-corrected chi connectivity index (χ4v) is 2.28. The number of benzene rings is 2. The van der Waals surface area contributed by atoms with E-state index in [1.54, 1.807) is 49.6 Å². The number of hydrogen-bond acceptors (Lipinski definition) is 5. The van der Waals surface area contributed by atoms with Gasteiger partial charge in [-0.15, -0.1) is 0 Å². The number of ether oxygens (including phenoxy) is 1. The van der Waals surface area contributed by atoms with Crippen molar-refractivity contribution in [1.29, 1.82) is 0 Å². The Hall–Kier alpha value is -3.39. The van der Waals surface area contributed by atoms with Crippen LogP contribution in [0.15, 0.2) is 48.5 Å². The van der Waals surface area contributed by atoms with Crippen molar-refractivity contribution in [3.05, 3.63) is 59.7 Å². The molecule has 0 saturated carbocycles. The van der Waals surface area contributed by atoms with Gasteiger partial charge in [-0.05, 0) is 36.4 Å². The molecule has 0 radical (unpaired) electrons. The van der Waals surface area contributed by atoms with E-state index in [1.165, 1.54) is 6.07 Å². The Balaban J connectivity index is 1.89. The highest BCUT2D eigenvalue weighted by Gasteiger charge is 2.08. The average molecular weight is 370 g/mol. The first-order valence-electron chi connectivity index (χ1n) is 8.30. The predicted molar refractivity (Wildman–Crippen MR) is 103 cm³/mol. The zero-order valence-electron chi connectivity index (χ0n) is 15.0. The van der Waals surface area contributed by atoms with Crippen molar-refractivity contribution in [2.75, 3.05) is 37.4 Å². The first kappa shape index (κ1) is 19.9. The molecule has 3 amide bonds. The summed E-state index contributed by atoms with van der Waals surface area (Å²) in [4.78, 5) is 35.3. The fraction of sp³-hybridized carbons (Fsp3) is 0.211. The van der Waals surface area contributed by atoms with E-state index in [-0.39, 0.29) is 18.4 Å². The zero-order chi connectivity index (χ0) is 19.6. The van der Waals surface area contributed by atoms with Crippen molar-refractivity contribution in [3.8, 4) is 0 Å². The van der Waals surface area contributed by atoms with Crippen LogP contribution in [0.5, 0.6) is 0 Å². The summed E-state index contributed by atoms with van der Waals surface area (Å²) in [7, 11) is 1.56. The number of anilines is 2. The SMILES string of the molecule is COCCNC(=O)c1cccc(NCC(=O)Nc2cccc(C(N)=O)c2)c1. The van der Waals surface area contributed by atoms with Crippen LogP contribution < -0.4 is 21.7 Å². The summed E-state index contributed by atoms with van der Waals surface area (Å²) in [6.07, 6.45) is 0. The Kier molecular flexibility index (Phi) is 7.33. The number of carbonyl (C=O) groups is 3. The van der Waals surface area contributed by atoms with E-state index in [0.29, 0.717) is 35.7 Å². The molecule has 0 fully saturated rings. The maximum absolute atomic E-state index is 12.1. The molecule has 0 aliphatic heterocycles. The molecule has 2 aromatic rings. The summed E-state index contributed by atoms with van der Waals surface area (Å²) >= 11 is 0. The molecule has 0 spiro atoms. The van der Waals surface area contributed by atoms with Gasteiger partial charge in [-0.3, -0.25) is 14.4 Å². The first-order chi connectivity index (χ1) is 13.0. The second-order valence-electron chi connectivity index (χ2n) is 5.68. The van der Waals surface area contributed by atoms with Gasteiger partial charge in [0.15, 0.2) is 0 Å². The van der Waals surface area contributed by atoms with E-state index < -0.39 is 5.91 Å². The molecule has 0 unspecified atom stereocenters. The van der Waals surface area contributed by atoms with E-state index in [0.717, 1.165) is 0 Å². The quantitative estimate of drug-likeness (QED) is 0.494. The lowest BCUT2D eigenvalue weighted by molar-refractivity contribution is -0.114. The van der Waals surface area contributed by atoms with Crippen LogP contribution in [-0.2, 0) is 9.53 Å². The van der Waals surface area contributed by atoms with Crippen LogP contribution in [0.2, 0.25) is 0 Å². The fourth-order valence-electron chi connectivity index (χ4n) is 2.28. The number of carbonyl (C=O) groups excluding carboxylic acids is 3. The first-order valence-corrected chi connectivity index (χ1v) is 8.30. The van der Waals surface area contributed by atoms with Gasteiger partial charge in [0.2, 0.25) is 11.8 Å². The van der Waals surface area contributed by atoms with Crippen LogP contribution in [0, 0.1) is 0 Å². The lowest BCUT2D eigenvalue weighted by Gasteiger charge is -2.10. The van der Waals surface area contributed by atoms with Gasteiger partial charge in [0.1, 0.15) is 0 Å². The smallest absolute Gasteiger partial charge is 0.251 e. The van der Waals surface area contributed by atoms with Crippen molar-refractivity contribution in [1.82, 2.24) is 5.32 Å². The summed E-state index contributed by atoms with van der Waals surface area (Å²) in [5.41, 5.74) is 7.12. The monoisotopic (exact) mass is 370 g/mol. The molecule has 27 heavy (non-hydrogen) atoms. The minimum absolute atomic E-state index is 0.00442. The van der Waals surface area contributed by atoms with Crippen molar-refractivity contribution in [2.45, 2.75) is 0 Å². The van der Waals surface area contributed by atoms with Crippen LogP contribution in [0.3, 0.4) is 0 Å². The maximum atomic E-state index is 12.1. The molecule has 0 heterocycles. The van der Waals surface area contributed by atoms with Crippen LogP contribution in [0.1, 0.15) is 20.7 Å². The number of hydrogen-bond donors (Lipinski definition) is 4. The van der Waals surface area contributed by atoms with E-state index in [9.17, 15) is 14.4 Å². The average Bonchev–Trinajstić information content (AvgIpc) is 2.67. The number of nitrogens with two attached hydrogens (primary N) is 1. The Labute approximate surface area is 157 Å². The van der Waals surface area contributed by atoms with Crippen LogP contribution in [0.4, 0.5) is 11.4 Å². The molecule has 0 atom stereocenters. The normalized spacial score (nSPS) is 10.1. The van der Waals surface area contributed by atoms with Crippen molar-refractivity contribution in [3.63, 3.8) is 0 Å². The molecular weight excluding hydrogens is 348 g/mol. The summed E-state index contributed by atoms with van der Waals surface area (Å²) in [6.45, 7) is 0.843. The van der Waals surface area contributed by atoms with Gasteiger partial charge in [0, 0.05) is 36.2 Å². The summed E-state index contributed by atoms with van der Waals surface area (Å²) < 4.78 is 4.89. The standard InChI is InChI=1S/C19H22N4O4/c1-27-9-8-21-19(26)14-5-3-6-15(11-14)22-12-17(24)23-16-7-2-4-13(10-16)18(20)25/h2-7,10-11,22H,8-9,12H2,1H3,(H2,20,25)(H,21,26)(H,23,24). The predicted octanol–water partition coefficient (Wildman–Crippen LogP) is 1.21. The van der Waals surface area contributed by atoms with E-state index in [1.807, 2.05) is 0 Å². The third-order valence-electron chi connectivity index (χ3n) is 3.60. The molecule has 0 bridgehead atoms. The molecule has 142 valence electrons. The molecule has 5 N–H and O–H groups in total. The second-order valence-corrected chi connectivity index (χ2v) is 5.68. The Morgan fingerprint density at radius 1 is 1.00 bits per heavy atom. The lowest BCUT2D eigenvalue weighted by Crippen LogP contribution is -2.27. The highest BCUT2D eigenvalue weighted by molar-refractivity contribution is 5.98. The molecule has 2 aromatic carbocycles. The third kappa shape index (κ3) is 6.44. The zero-order valence-corrected chi connectivity index (χ0v) is 15.0. The maximum Gasteiger partial charge on any atom is 0.251 e. The Morgan fingerprint density at radius 2 is 1.67 bits per heavy atom. The van der Waals surface area contributed by atoms with Gasteiger partial charge in [-0.25, -0.2) is 0 Å². The van der Waals surface area contributed by atoms with Crippen molar-refractivity contribution in [2.24, 2.45) is 5.73 Å². The summed E-state index contributed by atoms with van der Waals surface area (Å²) in [5, 5.41) is 8.36. The number of amides is 3. The van der Waals surface area contributed by atoms with Gasteiger partial charge in [-0.1, -0.05) is 12.1 Å². The molecule has 8 nitrogen and oxygen atoms in total.